The molecule has 2 aromatic carbocycles. The molecule has 20 heavy (non-hydrogen) atoms. The number of epoxide rings is 1. The van der Waals surface area contributed by atoms with E-state index in [1.54, 1.807) is 0 Å². The molecule has 0 aromatic heterocycles. The van der Waals surface area contributed by atoms with Gasteiger partial charge in [0.1, 0.15) is 11.5 Å². The zero-order valence-corrected chi connectivity index (χ0v) is 11.4. The van der Waals surface area contributed by atoms with Crippen molar-refractivity contribution in [3.05, 3.63) is 72.3 Å². The lowest BCUT2D eigenvalue weighted by atomic mass is 10.1. The highest BCUT2D eigenvalue weighted by atomic mass is 16.6. The van der Waals surface area contributed by atoms with E-state index in [9.17, 15) is 0 Å². The molecule has 1 unspecified atom stereocenters. The van der Waals surface area contributed by atoms with Gasteiger partial charge in [0, 0.05) is 6.42 Å². The molecule has 1 saturated heterocycles. The summed E-state index contributed by atoms with van der Waals surface area (Å²) in [5.74, 6) is 1.82. The van der Waals surface area contributed by atoms with Gasteiger partial charge in [-0.3, -0.25) is 0 Å². The van der Waals surface area contributed by atoms with Crippen molar-refractivity contribution in [2.45, 2.75) is 18.9 Å². The lowest BCUT2D eigenvalue weighted by molar-refractivity contribution is 0.403. The largest absolute Gasteiger partial charge is 0.457 e. The fraction of sp³-hybridized carbons (Fsp3) is 0.222. The Hall–Kier alpha value is -2.06. The first-order valence-corrected chi connectivity index (χ1v) is 6.93. The Morgan fingerprint density at radius 1 is 1.05 bits per heavy atom. The van der Waals surface area contributed by atoms with Crippen molar-refractivity contribution in [2.75, 3.05) is 6.61 Å². The van der Waals surface area contributed by atoms with Crippen LogP contribution in [0.3, 0.4) is 0 Å². The highest BCUT2D eigenvalue weighted by Crippen LogP contribution is 2.30. The molecule has 2 nitrogen and oxygen atoms in total. The monoisotopic (exact) mass is 266 g/mol. The van der Waals surface area contributed by atoms with Gasteiger partial charge in [0.2, 0.25) is 0 Å². The number of benzene rings is 2. The lowest BCUT2D eigenvalue weighted by Crippen LogP contribution is -1.98. The molecule has 0 N–H and O–H groups in total. The van der Waals surface area contributed by atoms with Crippen LogP contribution in [-0.2, 0) is 17.6 Å². The van der Waals surface area contributed by atoms with E-state index in [1.807, 2.05) is 42.5 Å². The lowest BCUT2D eigenvalue weighted by Gasteiger charge is -2.13. The van der Waals surface area contributed by atoms with Crippen LogP contribution in [-0.4, -0.2) is 12.7 Å². The van der Waals surface area contributed by atoms with Gasteiger partial charge in [-0.1, -0.05) is 42.5 Å². The highest BCUT2D eigenvalue weighted by Gasteiger charge is 2.24. The number of hydrogen-bond donors (Lipinski definition) is 0. The first-order valence-electron chi connectivity index (χ1n) is 6.93. The fourth-order valence-corrected chi connectivity index (χ4v) is 2.25. The molecule has 0 radical (unpaired) electrons. The second-order valence-corrected chi connectivity index (χ2v) is 4.97. The SMILES string of the molecule is C=CCc1ccccc1Oc1ccccc1CC1CO1. The third kappa shape index (κ3) is 3.09. The number of ether oxygens (including phenoxy) is 2. The van der Waals surface area contributed by atoms with Gasteiger partial charge in [-0.05, 0) is 29.7 Å². The molecule has 3 rings (SSSR count). The van der Waals surface area contributed by atoms with Gasteiger partial charge < -0.3 is 9.47 Å². The maximum atomic E-state index is 6.12. The summed E-state index contributed by atoms with van der Waals surface area (Å²) in [6, 6.07) is 16.3. The van der Waals surface area contributed by atoms with Gasteiger partial charge in [-0.25, -0.2) is 0 Å². The van der Waals surface area contributed by atoms with Crippen molar-refractivity contribution in [1.29, 1.82) is 0 Å². The Morgan fingerprint density at radius 2 is 1.65 bits per heavy atom. The predicted molar refractivity (Wildman–Crippen MR) is 80.3 cm³/mol. The second-order valence-electron chi connectivity index (χ2n) is 4.97. The number of hydrogen-bond acceptors (Lipinski definition) is 2. The van der Waals surface area contributed by atoms with Crippen LogP contribution in [0.2, 0.25) is 0 Å². The van der Waals surface area contributed by atoms with Crippen molar-refractivity contribution >= 4 is 0 Å². The Labute approximate surface area is 119 Å². The molecule has 0 spiro atoms. The number of para-hydroxylation sites is 2. The zero-order valence-electron chi connectivity index (χ0n) is 11.4. The minimum absolute atomic E-state index is 0.364. The molecule has 0 amide bonds. The molecular weight excluding hydrogens is 248 g/mol. The third-order valence-corrected chi connectivity index (χ3v) is 3.38. The summed E-state index contributed by atoms with van der Waals surface area (Å²) in [7, 11) is 0. The van der Waals surface area contributed by atoms with Crippen molar-refractivity contribution in [3.8, 4) is 11.5 Å². The summed E-state index contributed by atoms with van der Waals surface area (Å²) in [6.07, 6.45) is 3.99. The topological polar surface area (TPSA) is 21.8 Å². The van der Waals surface area contributed by atoms with E-state index in [1.165, 1.54) is 5.56 Å². The van der Waals surface area contributed by atoms with Gasteiger partial charge >= 0.3 is 0 Å². The quantitative estimate of drug-likeness (QED) is 0.578. The highest BCUT2D eigenvalue weighted by molar-refractivity contribution is 5.42. The predicted octanol–water partition coefficient (Wildman–Crippen LogP) is 4.15. The van der Waals surface area contributed by atoms with Gasteiger partial charge in [0.25, 0.3) is 0 Å². The van der Waals surface area contributed by atoms with Crippen molar-refractivity contribution in [3.63, 3.8) is 0 Å². The maximum absolute atomic E-state index is 6.12. The molecular formula is C18H18O2. The molecule has 1 atom stereocenters. The fourth-order valence-electron chi connectivity index (χ4n) is 2.25. The van der Waals surface area contributed by atoms with E-state index in [2.05, 4.69) is 18.7 Å². The summed E-state index contributed by atoms with van der Waals surface area (Å²) in [5, 5.41) is 0. The van der Waals surface area contributed by atoms with Crippen LogP contribution in [0.25, 0.3) is 0 Å². The van der Waals surface area contributed by atoms with Crippen LogP contribution in [0, 0.1) is 0 Å². The minimum Gasteiger partial charge on any atom is -0.457 e. The minimum atomic E-state index is 0.364. The first-order chi connectivity index (χ1) is 9.86. The Kier molecular flexibility index (Phi) is 3.84. The summed E-state index contributed by atoms with van der Waals surface area (Å²) in [4.78, 5) is 0. The van der Waals surface area contributed by atoms with Gasteiger partial charge in [-0.2, -0.15) is 0 Å². The van der Waals surface area contributed by atoms with Crippen LogP contribution in [0.1, 0.15) is 11.1 Å². The van der Waals surface area contributed by atoms with Crippen molar-refractivity contribution < 1.29 is 9.47 Å². The van der Waals surface area contributed by atoms with Crippen LogP contribution in [0.4, 0.5) is 0 Å². The third-order valence-electron chi connectivity index (χ3n) is 3.38. The molecule has 0 aliphatic carbocycles. The smallest absolute Gasteiger partial charge is 0.130 e. The Bertz CT molecular complexity index is 600. The normalized spacial score (nSPS) is 16.7. The van der Waals surface area contributed by atoms with Crippen LogP contribution in [0.15, 0.2) is 61.2 Å². The van der Waals surface area contributed by atoms with Gasteiger partial charge in [-0.15, -0.1) is 6.58 Å². The van der Waals surface area contributed by atoms with Crippen molar-refractivity contribution in [1.82, 2.24) is 0 Å². The second kappa shape index (κ2) is 5.93. The molecule has 102 valence electrons. The Balaban J connectivity index is 1.85. The van der Waals surface area contributed by atoms with Crippen LogP contribution in [0.5, 0.6) is 11.5 Å². The van der Waals surface area contributed by atoms with E-state index < -0.39 is 0 Å². The molecule has 2 aromatic rings. The summed E-state index contributed by atoms with van der Waals surface area (Å²) >= 11 is 0. The van der Waals surface area contributed by atoms with Crippen molar-refractivity contribution in [2.24, 2.45) is 0 Å². The molecule has 2 heteroatoms. The number of rotatable bonds is 6. The molecule has 1 aliphatic heterocycles. The average Bonchev–Trinajstić information content (AvgIpc) is 3.27. The van der Waals surface area contributed by atoms with E-state index in [0.29, 0.717) is 6.10 Å². The molecule has 1 aliphatic rings. The average molecular weight is 266 g/mol. The molecule has 0 saturated carbocycles. The molecule has 0 bridgehead atoms. The van der Waals surface area contributed by atoms with E-state index in [-0.39, 0.29) is 0 Å². The Morgan fingerprint density at radius 3 is 2.30 bits per heavy atom. The van der Waals surface area contributed by atoms with Gasteiger partial charge in [0.15, 0.2) is 0 Å². The summed E-state index contributed by atoms with van der Waals surface area (Å²) in [5.41, 5.74) is 2.35. The van der Waals surface area contributed by atoms with E-state index in [4.69, 9.17) is 9.47 Å². The number of allylic oxidation sites excluding steroid dienone is 1. The maximum Gasteiger partial charge on any atom is 0.130 e. The van der Waals surface area contributed by atoms with Crippen LogP contribution < -0.4 is 4.74 Å². The molecule has 1 fully saturated rings. The van der Waals surface area contributed by atoms with Gasteiger partial charge in [0.05, 0.1) is 12.7 Å². The van der Waals surface area contributed by atoms with E-state index in [0.717, 1.165) is 36.5 Å². The standard InChI is InChI=1S/C18H18O2/c1-2-7-14-8-3-5-10-17(14)20-18-11-6-4-9-15(18)12-16-13-19-16/h2-6,8-11,16H,1,7,12-13H2. The summed E-state index contributed by atoms with van der Waals surface area (Å²) < 4.78 is 11.4. The first kappa shape index (κ1) is 12.9. The summed E-state index contributed by atoms with van der Waals surface area (Å²) in [6.45, 7) is 4.66. The molecule has 1 heterocycles. The zero-order chi connectivity index (χ0) is 13.8. The van der Waals surface area contributed by atoms with Crippen LogP contribution >= 0.6 is 0 Å². The van der Waals surface area contributed by atoms with E-state index >= 15 is 0 Å².